The van der Waals surface area contributed by atoms with Crippen molar-refractivity contribution in [1.82, 2.24) is 9.97 Å². The van der Waals surface area contributed by atoms with Crippen LogP contribution in [0.3, 0.4) is 0 Å². The Kier molecular flexibility index (Phi) is 1.88. The van der Waals surface area contributed by atoms with Gasteiger partial charge >= 0.3 is 0 Å². The summed E-state index contributed by atoms with van der Waals surface area (Å²) >= 11 is 0. The van der Waals surface area contributed by atoms with Crippen LogP contribution in [0, 0.1) is 12.3 Å². The van der Waals surface area contributed by atoms with E-state index in [9.17, 15) is 0 Å². The molecule has 0 amide bonds. The normalized spacial score (nSPS) is 18.7. The molecule has 0 saturated carbocycles. The molecule has 1 aliphatic rings. The molecule has 1 aliphatic carbocycles. The molecule has 14 heavy (non-hydrogen) atoms. The van der Waals surface area contributed by atoms with Gasteiger partial charge in [-0.2, -0.15) is 0 Å². The van der Waals surface area contributed by atoms with Gasteiger partial charge in [0.05, 0.1) is 10.7 Å². The molecule has 2 heteroatoms. The fourth-order valence-corrected chi connectivity index (χ4v) is 2.00. The van der Waals surface area contributed by atoms with Crippen LogP contribution >= 0.6 is 0 Å². The van der Waals surface area contributed by atoms with Crippen LogP contribution in [0.5, 0.6) is 0 Å². The first kappa shape index (κ1) is 9.25. The number of aryl methyl sites for hydroxylation is 1. The number of nitrogens with zero attached hydrogens (tertiary/aromatic N) is 1. The summed E-state index contributed by atoms with van der Waals surface area (Å²) in [5.74, 6) is 0.980. The summed E-state index contributed by atoms with van der Waals surface area (Å²) in [4.78, 5) is 7.73. The molecule has 1 heterocycles. The first-order valence-electron chi connectivity index (χ1n) is 4.93. The van der Waals surface area contributed by atoms with Gasteiger partial charge in [-0.15, -0.1) is 0 Å². The molecule has 2 nitrogen and oxygen atoms in total. The van der Waals surface area contributed by atoms with Crippen molar-refractivity contribution in [3.05, 3.63) is 28.2 Å². The third-order valence-corrected chi connectivity index (χ3v) is 2.36. The van der Waals surface area contributed by atoms with E-state index in [4.69, 9.17) is 0 Å². The zero-order valence-electron chi connectivity index (χ0n) is 9.18. The van der Waals surface area contributed by atoms with Crippen LogP contribution in [-0.4, -0.2) is 9.97 Å². The van der Waals surface area contributed by atoms with Crippen molar-refractivity contribution in [2.24, 2.45) is 5.41 Å². The quantitative estimate of drug-likeness (QED) is 0.652. The smallest absolute Gasteiger partial charge is 0.104 e. The SMILES string of the molecule is CC1=CC(C)(C)C=c2nc(C)[nH]c2=C1. The summed E-state index contributed by atoms with van der Waals surface area (Å²) in [5.41, 5.74) is 1.38. The maximum atomic E-state index is 4.47. The van der Waals surface area contributed by atoms with E-state index in [0.717, 1.165) is 16.5 Å². The van der Waals surface area contributed by atoms with Gasteiger partial charge in [0.2, 0.25) is 0 Å². The standard InChI is InChI=1S/C12H16N2/c1-8-5-10-11(14-9(2)13-10)7-12(3,4)6-8/h5-7H,1-4H3,(H,13,14). The maximum Gasteiger partial charge on any atom is 0.104 e. The molecule has 0 aromatic carbocycles. The van der Waals surface area contributed by atoms with Crippen molar-refractivity contribution in [3.63, 3.8) is 0 Å². The number of allylic oxidation sites excluding steroid dienone is 2. The van der Waals surface area contributed by atoms with E-state index in [1.54, 1.807) is 0 Å². The summed E-state index contributed by atoms with van der Waals surface area (Å²) in [5, 5.41) is 2.20. The van der Waals surface area contributed by atoms with Gasteiger partial charge in [-0.25, -0.2) is 4.98 Å². The van der Waals surface area contributed by atoms with Gasteiger partial charge in [-0.1, -0.05) is 25.5 Å². The molecule has 1 aromatic heterocycles. The Bertz CT molecular complexity index is 501. The average Bonchev–Trinajstić information content (AvgIpc) is 2.23. The molecule has 1 aromatic rings. The van der Waals surface area contributed by atoms with Gasteiger partial charge in [0.15, 0.2) is 0 Å². The van der Waals surface area contributed by atoms with Crippen LogP contribution < -0.4 is 10.7 Å². The van der Waals surface area contributed by atoms with E-state index >= 15 is 0 Å². The van der Waals surface area contributed by atoms with Crippen molar-refractivity contribution in [1.29, 1.82) is 0 Å². The summed E-state index contributed by atoms with van der Waals surface area (Å²) in [6.07, 6.45) is 6.62. The van der Waals surface area contributed by atoms with Crippen molar-refractivity contribution < 1.29 is 0 Å². The molecule has 0 spiro atoms. The second-order valence-electron chi connectivity index (χ2n) is 4.62. The lowest BCUT2D eigenvalue weighted by Gasteiger charge is -2.13. The van der Waals surface area contributed by atoms with Crippen molar-refractivity contribution >= 4 is 12.2 Å². The Balaban J connectivity index is 2.79. The van der Waals surface area contributed by atoms with Gasteiger partial charge < -0.3 is 4.98 Å². The Labute approximate surface area is 84.1 Å². The molecular weight excluding hydrogens is 172 g/mol. The first-order chi connectivity index (χ1) is 6.46. The van der Waals surface area contributed by atoms with Gasteiger partial charge in [-0.3, -0.25) is 0 Å². The third kappa shape index (κ3) is 1.65. The highest BCUT2D eigenvalue weighted by Crippen LogP contribution is 2.22. The van der Waals surface area contributed by atoms with Crippen molar-refractivity contribution in [2.45, 2.75) is 27.7 Å². The van der Waals surface area contributed by atoms with Crippen LogP contribution in [0.25, 0.3) is 12.2 Å². The number of hydrogen-bond acceptors (Lipinski definition) is 1. The molecule has 0 fully saturated rings. The monoisotopic (exact) mass is 188 g/mol. The lowest BCUT2D eigenvalue weighted by molar-refractivity contribution is 0.665. The fourth-order valence-electron chi connectivity index (χ4n) is 2.00. The number of aromatic nitrogens is 2. The number of nitrogens with one attached hydrogen (secondary N) is 1. The predicted octanol–water partition coefficient (Wildman–Crippen LogP) is 1.27. The number of rotatable bonds is 0. The topological polar surface area (TPSA) is 28.7 Å². The van der Waals surface area contributed by atoms with E-state index in [1.165, 1.54) is 5.57 Å². The van der Waals surface area contributed by atoms with E-state index in [1.807, 2.05) is 6.92 Å². The van der Waals surface area contributed by atoms with Crippen molar-refractivity contribution in [3.8, 4) is 0 Å². The van der Waals surface area contributed by atoms with E-state index in [0.29, 0.717) is 0 Å². The molecule has 0 bridgehead atoms. The Morgan fingerprint density at radius 1 is 1.21 bits per heavy atom. The van der Waals surface area contributed by atoms with E-state index < -0.39 is 0 Å². The molecule has 0 unspecified atom stereocenters. The highest BCUT2D eigenvalue weighted by Gasteiger charge is 2.13. The van der Waals surface area contributed by atoms with Gasteiger partial charge in [-0.05, 0) is 26.0 Å². The molecule has 1 N–H and O–H groups in total. The van der Waals surface area contributed by atoms with Gasteiger partial charge in [0, 0.05) is 5.41 Å². The van der Waals surface area contributed by atoms with Gasteiger partial charge in [0.25, 0.3) is 0 Å². The lowest BCUT2D eigenvalue weighted by atomic mass is 9.91. The second kappa shape index (κ2) is 2.84. The zero-order valence-corrected chi connectivity index (χ0v) is 9.18. The third-order valence-electron chi connectivity index (χ3n) is 2.36. The summed E-state index contributed by atoms with van der Waals surface area (Å²) in [6, 6.07) is 0. The van der Waals surface area contributed by atoms with Crippen LogP contribution in [-0.2, 0) is 0 Å². The Morgan fingerprint density at radius 3 is 2.64 bits per heavy atom. The second-order valence-corrected chi connectivity index (χ2v) is 4.62. The molecule has 2 rings (SSSR count). The highest BCUT2D eigenvalue weighted by atomic mass is 14.9. The van der Waals surface area contributed by atoms with E-state index in [-0.39, 0.29) is 5.41 Å². The number of fused-ring (bicyclic) bond motifs is 1. The maximum absolute atomic E-state index is 4.47. The highest BCUT2D eigenvalue weighted by molar-refractivity contribution is 5.51. The fraction of sp³-hybridized carbons (Fsp3) is 0.417. The number of H-pyrrole nitrogens is 1. The number of imidazole rings is 1. The minimum Gasteiger partial charge on any atom is -0.342 e. The van der Waals surface area contributed by atoms with Crippen LogP contribution in [0.15, 0.2) is 11.6 Å². The largest absolute Gasteiger partial charge is 0.342 e. The molecule has 0 atom stereocenters. The van der Waals surface area contributed by atoms with Crippen LogP contribution in [0.4, 0.5) is 0 Å². The molecule has 74 valence electrons. The predicted molar refractivity (Wildman–Crippen MR) is 59.0 cm³/mol. The number of aromatic amines is 1. The van der Waals surface area contributed by atoms with Crippen LogP contribution in [0.1, 0.15) is 26.6 Å². The minimum atomic E-state index is 0.0907. The summed E-state index contributed by atoms with van der Waals surface area (Å²) in [7, 11) is 0. The van der Waals surface area contributed by atoms with Crippen LogP contribution in [0.2, 0.25) is 0 Å². The Morgan fingerprint density at radius 2 is 1.93 bits per heavy atom. The minimum absolute atomic E-state index is 0.0907. The van der Waals surface area contributed by atoms with Gasteiger partial charge in [0.1, 0.15) is 5.82 Å². The molecule has 0 saturated heterocycles. The molecule has 0 radical (unpaired) electrons. The number of hydrogen-bond donors (Lipinski definition) is 1. The van der Waals surface area contributed by atoms with E-state index in [2.05, 4.69) is 49.0 Å². The van der Waals surface area contributed by atoms with Crippen molar-refractivity contribution in [2.75, 3.05) is 0 Å². The zero-order chi connectivity index (χ0) is 10.3. The molecule has 0 aliphatic heterocycles. The average molecular weight is 188 g/mol. The first-order valence-corrected chi connectivity index (χ1v) is 4.93. The summed E-state index contributed by atoms with van der Waals surface area (Å²) in [6.45, 7) is 8.51. The Hall–Kier alpha value is -1.31. The summed E-state index contributed by atoms with van der Waals surface area (Å²) < 4.78 is 0. The lowest BCUT2D eigenvalue weighted by Crippen LogP contribution is -2.25. The molecular formula is C12H16N2.